The largest absolute Gasteiger partial charge is 0.465 e. The van der Waals surface area contributed by atoms with Gasteiger partial charge >= 0.3 is 5.97 Å². The number of hydrogen-bond acceptors (Lipinski definition) is 4. The number of hydrogen-bond donors (Lipinski definition) is 1. The molecular formula is C26H48N2O4. The van der Waals surface area contributed by atoms with Crippen molar-refractivity contribution in [3.63, 3.8) is 0 Å². The molecule has 1 aliphatic heterocycles. The van der Waals surface area contributed by atoms with Crippen LogP contribution in [0.2, 0.25) is 0 Å². The molecule has 0 saturated carbocycles. The van der Waals surface area contributed by atoms with Gasteiger partial charge in [0.05, 0.1) is 12.0 Å². The summed E-state index contributed by atoms with van der Waals surface area (Å²) in [6.07, 6.45) is 7.33. The molecule has 0 aromatic carbocycles. The van der Waals surface area contributed by atoms with Crippen LogP contribution in [-0.4, -0.2) is 48.4 Å². The molecule has 0 aromatic rings. The first-order chi connectivity index (χ1) is 15.1. The van der Waals surface area contributed by atoms with E-state index in [1.165, 1.54) is 0 Å². The fourth-order valence-corrected chi connectivity index (χ4v) is 4.98. The Kier molecular flexibility index (Phi) is 11.7. The Morgan fingerprint density at radius 1 is 1.16 bits per heavy atom. The van der Waals surface area contributed by atoms with E-state index in [9.17, 15) is 14.4 Å². The van der Waals surface area contributed by atoms with E-state index in [4.69, 9.17) is 4.74 Å². The summed E-state index contributed by atoms with van der Waals surface area (Å²) >= 11 is 0. The van der Waals surface area contributed by atoms with Gasteiger partial charge in [-0.2, -0.15) is 0 Å². The van der Waals surface area contributed by atoms with E-state index in [1.807, 2.05) is 39.5 Å². The van der Waals surface area contributed by atoms with Crippen LogP contribution >= 0.6 is 0 Å². The van der Waals surface area contributed by atoms with Gasteiger partial charge in [-0.25, -0.2) is 0 Å². The number of nitrogens with one attached hydrogen (secondary N) is 1. The summed E-state index contributed by atoms with van der Waals surface area (Å²) in [6, 6.07) is -0.0479. The van der Waals surface area contributed by atoms with Gasteiger partial charge in [0.15, 0.2) is 0 Å². The molecule has 1 N–H and O–H groups in total. The smallest absolute Gasteiger partial charge is 0.311 e. The topological polar surface area (TPSA) is 75.7 Å². The quantitative estimate of drug-likeness (QED) is 0.351. The standard InChI is InChI=1S/C26H48N2O4/c1-8-12-14-21(9-2)18-32-24(31)25(6,10-3)19-26(7,23(30)27-11-4)17-20(5)28-16-13-15-22(28)29/h20-21H,8-19H2,1-7H3,(H,27,30). The molecule has 0 bridgehead atoms. The lowest BCUT2D eigenvalue weighted by molar-refractivity contribution is -0.160. The van der Waals surface area contributed by atoms with Gasteiger partial charge in [0.1, 0.15) is 0 Å². The number of esters is 1. The number of ether oxygens (including phenoxy) is 1. The normalized spacial score (nSPS) is 19.7. The maximum Gasteiger partial charge on any atom is 0.311 e. The Bertz CT molecular complexity index is 623. The zero-order valence-electron chi connectivity index (χ0n) is 21.7. The fourth-order valence-electron chi connectivity index (χ4n) is 4.98. The van der Waals surface area contributed by atoms with Crippen molar-refractivity contribution in [3.8, 4) is 0 Å². The lowest BCUT2D eigenvalue weighted by Gasteiger charge is -2.40. The van der Waals surface area contributed by atoms with Crippen LogP contribution in [0.3, 0.4) is 0 Å². The van der Waals surface area contributed by atoms with Gasteiger partial charge in [-0.3, -0.25) is 14.4 Å². The van der Waals surface area contributed by atoms with Crippen LogP contribution in [0.4, 0.5) is 0 Å². The van der Waals surface area contributed by atoms with E-state index in [0.29, 0.717) is 44.8 Å². The van der Waals surface area contributed by atoms with Crippen molar-refractivity contribution in [2.24, 2.45) is 16.7 Å². The highest BCUT2D eigenvalue weighted by Crippen LogP contribution is 2.42. The van der Waals surface area contributed by atoms with E-state index < -0.39 is 10.8 Å². The third-order valence-corrected chi connectivity index (χ3v) is 7.32. The molecule has 1 saturated heterocycles. The third kappa shape index (κ3) is 7.77. The number of carbonyl (C=O) groups excluding carboxylic acids is 3. The average Bonchev–Trinajstić information content (AvgIpc) is 3.19. The zero-order chi connectivity index (χ0) is 24.4. The second-order valence-corrected chi connectivity index (χ2v) is 10.3. The van der Waals surface area contributed by atoms with Crippen molar-refractivity contribution >= 4 is 17.8 Å². The summed E-state index contributed by atoms with van der Waals surface area (Å²) in [4.78, 5) is 40.5. The molecule has 0 aromatic heterocycles. The Morgan fingerprint density at radius 3 is 2.34 bits per heavy atom. The second-order valence-electron chi connectivity index (χ2n) is 10.3. The number of rotatable bonds is 15. The van der Waals surface area contributed by atoms with Gasteiger partial charge in [0.25, 0.3) is 0 Å². The summed E-state index contributed by atoms with van der Waals surface area (Å²) in [5, 5.41) is 2.97. The molecule has 2 amide bonds. The molecule has 0 radical (unpaired) electrons. The van der Waals surface area contributed by atoms with E-state index in [-0.39, 0.29) is 23.8 Å². The van der Waals surface area contributed by atoms with Gasteiger partial charge in [-0.1, -0.05) is 47.0 Å². The van der Waals surface area contributed by atoms with Gasteiger partial charge in [0, 0.05) is 31.0 Å². The number of nitrogens with zero attached hydrogens (tertiary/aromatic N) is 1. The molecule has 32 heavy (non-hydrogen) atoms. The summed E-state index contributed by atoms with van der Waals surface area (Å²) in [7, 11) is 0. The molecule has 0 aliphatic carbocycles. The predicted molar refractivity (Wildman–Crippen MR) is 129 cm³/mol. The first-order valence-corrected chi connectivity index (χ1v) is 12.8. The highest BCUT2D eigenvalue weighted by molar-refractivity contribution is 5.84. The van der Waals surface area contributed by atoms with E-state index >= 15 is 0 Å². The zero-order valence-corrected chi connectivity index (χ0v) is 21.7. The summed E-state index contributed by atoms with van der Waals surface area (Å²) < 4.78 is 5.82. The molecule has 4 atom stereocenters. The van der Waals surface area contributed by atoms with Crippen molar-refractivity contribution < 1.29 is 19.1 Å². The third-order valence-electron chi connectivity index (χ3n) is 7.32. The minimum Gasteiger partial charge on any atom is -0.465 e. The molecule has 6 nitrogen and oxygen atoms in total. The minimum atomic E-state index is -0.769. The Labute approximate surface area is 196 Å². The molecule has 1 rings (SSSR count). The van der Waals surface area contributed by atoms with Crippen molar-refractivity contribution in [1.82, 2.24) is 10.2 Å². The average molecular weight is 453 g/mol. The van der Waals surface area contributed by atoms with Crippen molar-refractivity contribution in [3.05, 3.63) is 0 Å². The Morgan fingerprint density at radius 2 is 1.84 bits per heavy atom. The van der Waals surface area contributed by atoms with Gasteiger partial charge < -0.3 is 15.0 Å². The van der Waals surface area contributed by atoms with E-state index in [1.54, 1.807) is 0 Å². The van der Waals surface area contributed by atoms with Gasteiger partial charge in [0.2, 0.25) is 11.8 Å². The van der Waals surface area contributed by atoms with E-state index in [0.717, 1.165) is 38.6 Å². The molecule has 186 valence electrons. The highest BCUT2D eigenvalue weighted by Gasteiger charge is 2.46. The predicted octanol–water partition coefficient (Wildman–Crippen LogP) is 5.10. The van der Waals surface area contributed by atoms with Crippen LogP contribution < -0.4 is 5.32 Å². The molecule has 4 unspecified atom stereocenters. The van der Waals surface area contributed by atoms with Crippen molar-refractivity contribution in [2.45, 2.75) is 112 Å². The second kappa shape index (κ2) is 13.2. The van der Waals surface area contributed by atoms with Crippen LogP contribution in [0.5, 0.6) is 0 Å². The molecule has 6 heteroatoms. The summed E-state index contributed by atoms with van der Waals surface area (Å²) in [6.45, 7) is 15.8. The van der Waals surface area contributed by atoms with Crippen LogP contribution in [0.1, 0.15) is 106 Å². The lowest BCUT2D eigenvalue weighted by atomic mass is 9.68. The summed E-state index contributed by atoms with van der Waals surface area (Å²) in [5.74, 6) is 0.276. The molecule has 1 aliphatic rings. The minimum absolute atomic E-state index is 0.0479. The number of carbonyl (C=O) groups is 3. The van der Waals surface area contributed by atoms with Crippen molar-refractivity contribution in [2.75, 3.05) is 19.7 Å². The maximum atomic E-state index is 13.2. The molecular weight excluding hydrogens is 404 g/mol. The molecule has 1 heterocycles. The lowest BCUT2D eigenvalue weighted by Crippen LogP contribution is -2.48. The highest BCUT2D eigenvalue weighted by atomic mass is 16.5. The van der Waals surface area contributed by atoms with Gasteiger partial charge in [-0.05, 0) is 58.8 Å². The number of amides is 2. The summed E-state index contributed by atoms with van der Waals surface area (Å²) in [5.41, 5.74) is -1.52. The molecule has 0 spiro atoms. The molecule has 1 fully saturated rings. The van der Waals surface area contributed by atoms with E-state index in [2.05, 4.69) is 19.2 Å². The Hall–Kier alpha value is -1.59. The first-order valence-electron chi connectivity index (χ1n) is 12.8. The van der Waals surface area contributed by atoms with Crippen LogP contribution in [-0.2, 0) is 19.1 Å². The fraction of sp³-hybridized carbons (Fsp3) is 0.885. The first kappa shape index (κ1) is 28.4. The van der Waals surface area contributed by atoms with Crippen LogP contribution in [0, 0.1) is 16.7 Å². The van der Waals surface area contributed by atoms with Crippen molar-refractivity contribution in [1.29, 1.82) is 0 Å². The maximum absolute atomic E-state index is 13.2. The SMILES string of the molecule is CCCCC(CC)COC(=O)C(C)(CC)CC(C)(CC(C)N1CCCC1=O)C(=O)NCC. The number of unbranched alkanes of at least 4 members (excludes halogenated alkanes) is 1. The van der Waals surface area contributed by atoms with Gasteiger partial charge in [-0.15, -0.1) is 0 Å². The van der Waals surface area contributed by atoms with Crippen LogP contribution in [0.25, 0.3) is 0 Å². The van der Waals surface area contributed by atoms with Crippen LogP contribution in [0.15, 0.2) is 0 Å². The monoisotopic (exact) mass is 452 g/mol. The Balaban J connectivity index is 2.98. The number of likely N-dealkylation sites (tertiary alicyclic amines) is 1.